The first-order valence-corrected chi connectivity index (χ1v) is 9.74. The number of nitro benzene ring substituents is 1. The lowest BCUT2D eigenvalue weighted by molar-refractivity contribution is -0.384. The maximum absolute atomic E-state index is 12.6. The van der Waals surface area contributed by atoms with Gasteiger partial charge >= 0.3 is 0 Å². The molecule has 0 spiro atoms. The Labute approximate surface area is 154 Å². The third kappa shape index (κ3) is 2.93. The number of hydrogen-bond acceptors (Lipinski definition) is 3. The lowest BCUT2D eigenvalue weighted by Crippen LogP contribution is -2.51. The average molecular weight is 440 g/mol. The molecule has 4 fully saturated rings. The highest BCUT2D eigenvalue weighted by Crippen LogP contribution is 2.59. The Morgan fingerprint density at radius 1 is 1.21 bits per heavy atom. The van der Waals surface area contributed by atoms with E-state index in [4.69, 9.17) is 0 Å². The molecule has 5 nitrogen and oxygen atoms in total. The first-order valence-electron chi connectivity index (χ1n) is 8.66. The molecule has 0 saturated heterocycles. The number of hydrogen-bond donors (Lipinski definition) is 1. The Bertz CT molecular complexity index is 668. The Balaban J connectivity index is 1.47. The highest BCUT2D eigenvalue weighted by Gasteiger charge is 2.50. The van der Waals surface area contributed by atoms with Crippen molar-refractivity contribution < 1.29 is 9.72 Å². The Kier molecular flexibility index (Phi) is 4.05. The lowest BCUT2D eigenvalue weighted by Gasteiger charge is -2.56. The van der Waals surface area contributed by atoms with E-state index in [9.17, 15) is 14.9 Å². The zero-order valence-electron chi connectivity index (χ0n) is 13.5. The molecule has 1 aromatic rings. The molecule has 0 radical (unpaired) electrons. The summed E-state index contributed by atoms with van der Waals surface area (Å²) < 4.78 is 0.751. The SMILES string of the molecule is O=C(NCC12CC3CC(CC(C3)C1)C2)c1cc([N+](=O)[O-])ccc1I. The second-order valence-corrected chi connectivity index (χ2v) is 9.18. The van der Waals surface area contributed by atoms with E-state index in [1.807, 2.05) is 0 Å². The molecule has 4 saturated carbocycles. The lowest BCUT2D eigenvalue weighted by atomic mass is 9.49. The van der Waals surface area contributed by atoms with Crippen molar-refractivity contribution in [3.63, 3.8) is 0 Å². The predicted octanol–water partition coefficient (Wildman–Crippen LogP) is 4.15. The van der Waals surface area contributed by atoms with Crippen molar-refractivity contribution in [2.45, 2.75) is 38.5 Å². The maximum Gasteiger partial charge on any atom is 0.270 e. The third-order valence-electron chi connectivity index (χ3n) is 6.19. The summed E-state index contributed by atoms with van der Waals surface area (Å²) in [6.07, 6.45) is 7.88. The molecule has 0 atom stereocenters. The minimum Gasteiger partial charge on any atom is -0.351 e. The number of rotatable bonds is 4. The summed E-state index contributed by atoms with van der Waals surface area (Å²) >= 11 is 2.06. The van der Waals surface area contributed by atoms with Gasteiger partial charge in [-0.25, -0.2) is 0 Å². The van der Waals surface area contributed by atoms with Crippen molar-refractivity contribution in [3.05, 3.63) is 37.4 Å². The smallest absolute Gasteiger partial charge is 0.270 e. The van der Waals surface area contributed by atoms with Gasteiger partial charge in [0.2, 0.25) is 0 Å². The molecule has 4 bridgehead atoms. The van der Waals surface area contributed by atoms with E-state index in [1.165, 1.54) is 50.7 Å². The molecule has 1 amide bonds. The van der Waals surface area contributed by atoms with Gasteiger partial charge in [0, 0.05) is 22.2 Å². The van der Waals surface area contributed by atoms with Crippen LogP contribution in [-0.2, 0) is 0 Å². The molecular weight excluding hydrogens is 419 g/mol. The van der Waals surface area contributed by atoms with Crippen LogP contribution in [0.4, 0.5) is 5.69 Å². The van der Waals surface area contributed by atoms with Crippen LogP contribution in [0, 0.1) is 36.9 Å². The molecule has 1 N–H and O–H groups in total. The fourth-order valence-electron chi connectivity index (χ4n) is 5.67. The van der Waals surface area contributed by atoms with Gasteiger partial charge in [0.15, 0.2) is 0 Å². The van der Waals surface area contributed by atoms with Crippen LogP contribution in [-0.4, -0.2) is 17.4 Å². The zero-order valence-corrected chi connectivity index (χ0v) is 15.6. The van der Waals surface area contributed by atoms with Gasteiger partial charge in [0.1, 0.15) is 0 Å². The largest absolute Gasteiger partial charge is 0.351 e. The van der Waals surface area contributed by atoms with Gasteiger partial charge in [0.05, 0.1) is 10.5 Å². The number of nitro groups is 1. The summed E-state index contributed by atoms with van der Waals surface area (Å²) in [5, 5.41) is 14.0. The maximum atomic E-state index is 12.6. The standard InChI is InChI=1S/C18H21IN2O3/c19-16-2-1-14(21(23)24)6-15(16)17(22)20-10-18-7-11-3-12(8-18)5-13(4-11)9-18/h1-2,6,11-13H,3-5,7-10H2,(H,20,22). The van der Waals surface area contributed by atoms with Crippen LogP contribution in [0.1, 0.15) is 48.9 Å². The highest BCUT2D eigenvalue weighted by molar-refractivity contribution is 14.1. The van der Waals surface area contributed by atoms with Gasteiger partial charge < -0.3 is 5.32 Å². The minimum atomic E-state index is -0.452. The molecule has 24 heavy (non-hydrogen) atoms. The molecule has 0 aromatic heterocycles. The molecule has 0 unspecified atom stereocenters. The van der Waals surface area contributed by atoms with Crippen LogP contribution in [0.15, 0.2) is 18.2 Å². The topological polar surface area (TPSA) is 72.2 Å². The quantitative estimate of drug-likeness (QED) is 0.435. The molecule has 4 aliphatic carbocycles. The van der Waals surface area contributed by atoms with Crippen molar-refractivity contribution >= 4 is 34.2 Å². The van der Waals surface area contributed by atoms with E-state index < -0.39 is 4.92 Å². The third-order valence-corrected chi connectivity index (χ3v) is 7.14. The molecule has 6 heteroatoms. The number of amides is 1. The van der Waals surface area contributed by atoms with E-state index in [2.05, 4.69) is 27.9 Å². The monoisotopic (exact) mass is 440 g/mol. The van der Waals surface area contributed by atoms with Gasteiger partial charge in [-0.15, -0.1) is 0 Å². The van der Waals surface area contributed by atoms with Crippen LogP contribution in [0.2, 0.25) is 0 Å². The second kappa shape index (κ2) is 5.97. The van der Waals surface area contributed by atoms with Crippen LogP contribution in [0.5, 0.6) is 0 Å². The first kappa shape index (κ1) is 16.3. The Morgan fingerprint density at radius 3 is 2.33 bits per heavy atom. The van der Waals surface area contributed by atoms with Crippen LogP contribution >= 0.6 is 22.6 Å². The molecule has 0 aliphatic heterocycles. The van der Waals surface area contributed by atoms with E-state index in [0.717, 1.165) is 21.3 Å². The Hall–Kier alpha value is -1.18. The van der Waals surface area contributed by atoms with E-state index >= 15 is 0 Å². The predicted molar refractivity (Wildman–Crippen MR) is 98.8 cm³/mol. The fraction of sp³-hybridized carbons (Fsp3) is 0.611. The first-order chi connectivity index (χ1) is 11.4. The van der Waals surface area contributed by atoms with Crippen molar-refractivity contribution in [2.75, 3.05) is 6.54 Å². The molecular formula is C18H21IN2O3. The molecule has 5 rings (SSSR count). The van der Waals surface area contributed by atoms with Gasteiger partial charge in [0.25, 0.3) is 11.6 Å². The van der Waals surface area contributed by atoms with Gasteiger partial charge in [-0.3, -0.25) is 14.9 Å². The summed E-state index contributed by atoms with van der Waals surface area (Å²) in [5.41, 5.74) is 0.654. The Morgan fingerprint density at radius 2 is 1.79 bits per heavy atom. The number of carbonyl (C=O) groups excluding carboxylic acids is 1. The molecule has 1 aromatic carbocycles. The average Bonchev–Trinajstić information content (AvgIpc) is 2.51. The van der Waals surface area contributed by atoms with Crippen molar-refractivity contribution in [1.82, 2.24) is 5.32 Å². The van der Waals surface area contributed by atoms with E-state index in [1.54, 1.807) is 6.07 Å². The van der Waals surface area contributed by atoms with Crippen LogP contribution < -0.4 is 5.32 Å². The molecule has 0 heterocycles. The zero-order chi connectivity index (χ0) is 16.9. The highest BCUT2D eigenvalue weighted by atomic mass is 127. The van der Waals surface area contributed by atoms with E-state index in [0.29, 0.717) is 12.1 Å². The second-order valence-electron chi connectivity index (χ2n) is 8.02. The number of benzene rings is 1. The number of nitrogens with zero attached hydrogens (tertiary/aromatic N) is 1. The summed E-state index contributed by atoms with van der Waals surface area (Å²) in [6.45, 7) is 0.716. The summed E-state index contributed by atoms with van der Waals surface area (Å²) in [6, 6.07) is 4.47. The van der Waals surface area contributed by atoms with E-state index in [-0.39, 0.29) is 17.0 Å². The summed E-state index contributed by atoms with van der Waals surface area (Å²) in [5.74, 6) is 2.38. The fourth-order valence-corrected chi connectivity index (χ4v) is 6.25. The van der Waals surface area contributed by atoms with Gasteiger partial charge in [-0.05, 0) is 90.4 Å². The number of nitrogens with one attached hydrogen (secondary N) is 1. The number of non-ortho nitro benzene ring substituents is 1. The van der Waals surface area contributed by atoms with Crippen LogP contribution in [0.3, 0.4) is 0 Å². The van der Waals surface area contributed by atoms with Gasteiger partial charge in [-0.1, -0.05) is 0 Å². The van der Waals surface area contributed by atoms with Gasteiger partial charge in [-0.2, -0.15) is 0 Å². The van der Waals surface area contributed by atoms with Crippen molar-refractivity contribution in [2.24, 2.45) is 23.2 Å². The number of carbonyl (C=O) groups is 1. The molecule has 4 aliphatic rings. The van der Waals surface area contributed by atoms with Crippen LogP contribution in [0.25, 0.3) is 0 Å². The number of halogens is 1. The minimum absolute atomic E-state index is 0.0321. The molecule has 128 valence electrons. The summed E-state index contributed by atoms with van der Waals surface area (Å²) in [4.78, 5) is 23.1. The normalized spacial score (nSPS) is 33.5. The van der Waals surface area contributed by atoms with Crippen molar-refractivity contribution in [1.29, 1.82) is 0 Å². The van der Waals surface area contributed by atoms with Crippen molar-refractivity contribution in [3.8, 4) is 0 Å². The summed E-state index contributed by atoms with van der Waals surface area (Å²) in [7, 11) is 0.